The van der Waals surface area contributed by atoms with E-state index in [1.807, 2.05) is 0 Å². The number of benzene rings is 4. The minimum Gasteiger partial charge on any atom is -0.459 e. The third-order valence-corrected chi connectivity index (χ3v) is 6.77. The van der Waals surface area contributed by atoms with Gasteiger partial charge in [-0.15, -0.1) is 0 Å². The first-order chi connectivity index (χ1) is 21.3. The molecule has 0 aromatic heterocycles. The van der Waals surface area contributed by atoms with E-state index in [9.17, 15) is 24.3 Å². The van der Waals surface area contributed by atoms with Gasteiger partial charge in [-0.1, -0.05) is 72.8 Å². The molecule has 1 heterocycles. The summed E-state index contributed by atoms with van der Waals surface area (Å²) in [4.78, 5) is 51.8. The summed E-state index contributed by atoms with van der Waals surface area (Å²) in [5, 5.41) is 11.7. The molecule has 1 aliphatic rings. The summed E-state index contributed by atoms with van der Waals surface area (Å²) >= 11 is 0. The first-order valence-corrected chi connectivity index (χ1v) is 13.7. The van der Waals surface area contributed by atoms with Crippen LogP contribution in [0.15, 0.2) is 121 Å². The molecule has 44 heavy (non-hydrogen) atoms. The highest BCUT2D eigenvalue weighted by Crippen LogP contribution is 2.36. The van der Waals surface area contributed by atoms with Crippen molar-refractivity contribution in [2.24, 2.45) is 0 Å². The lowest BCUT2D eigenvalue weighted by molar-refractivity contribution is -0.247. The van der Waals surface area contributed by atoms with E-state index < -0.39 is 61.2 Å². The smallest absolute Gasteiger partial charge is 0.338 e. The van der Waals surface area contributed by atoms with Gasteiger partial charge in [0.05, 0.1) is 22.3 Å². The minimum atomic E-state index is -2.50. The van der Waals surface area contributed by atoms with E-state index in [-0.39, 0.29) is 22.3 Å². The predicted molar refractivity (Wildman–Crippen MR) is 155 cm³/mol. The fraction of sp³-hybridized carbons (Fsp3) is 0.176. The summed E-state index contributed by atoms with van der Waals surface area (Å²) in [5.74, 6) is -5.67. The Hall–Kier alpha value is -5.32. The molecular formula is C34H28O10. The number of hydrogen-bond acceptors (Lipinski definition) is 10. The van der Waals surface area contributed by atoms with Gasteiger partial charge in [-0.25, -0.2) is 19.2 Å². The summed E-state index contributed by atoms with van der Waals surface area (Å²) in [7, 11) is 0. The molecule has 0 unspecified atom stereocenters. The molecule has 10 nitrogen and oxygen atoms in total. The molecule has 0 saturated carbocycles. The van der Waals surface area contributed by atoms with Gasteiger partial charge in [0, 0.05) is 0 Å². The average Bonchev–Trinajstić information content (AvgIpc) is 3.33. The molecule has 0 radical (unpaired) electrons. The van der Waals surface area contributed by atoms with Crippen molar-refractivity contribution in [1.29, 1.82) is 0 Å². The van der Waals surface area contributed by atoms with Crippen LogP contribution < -0.4 is 0 Å². The van der Waals surface area contributed by atoms with Gasteiger partial charge in [-0.3, -0.25) is 0 Å². The van der Waals surface area contributed by atoms with Gasteiger partial charge < -0.3 is 28.8 Å². The monoisotopic (exact) mass is 596 g/mol. The Bertz CT molecular complexity index is 1580. The van der Waals surface area contributed by atoms with E-state index in [0.29, 0.717) is 0 Å². The highest BCUT2D eigenvalue weighted by molar-refractivity contribution is 5.91. The first-order valence-electron chi connectivity index (χ1n) is 13.7. The second-order valence-corrected chi connectivity index (χ2v) is 9.84. The molecule has 10 heteroatoms. The Labute approximate surface area is 252 Å². The summed E-state index contributed by atoms with van der Waals surface area (Å²) in [6.45, 7) is -1.31. The Balaban J connectivity index is 1.44. The maximum Gasteiger partial charge on any atom is 0.338 e. The molecule has 1 saturated heterocycles. The molecule has 1 fully saturated rings. The maximum absolute atomic E-state index is 13.2. The molecule has 4 aromatic carbocycles. The molecule has 224 valence electrons. The van der Waals surface area contributed by atoms with Crippen molar-refractivity contribution in [1.82, 2.24) is 0 Å². The predicted octanol–water partition coefficient (Wildman–Crippen LogP) is 4.24. The molecule has 4 aromatic rings. The summed E-state index contributed by atoms with van der Waals surface area (Å²) < 4.78 is 28.1. The second kappa shape index (κ2) is 13.8. The van der Waals surface area contributed by atoms with Crippen LogP contribution in [0.1, 0.15) is 41.4 Å². The Morgan fingerprint density at radius 2 is 0.955 bits per heavy atom. The largest absolute Gasteiger partial charge is 0.459 e. The molecule has 0 bridgehead atoms. The molecule has 1 aliphatic heterocycles. The zero-order valence-corrected chi connectivity index (χ0v) is 23.3. The van der Waals surface area contributed by atoms with Crippen LogP contribution in [0.25, 0.3) is 0 Å². The number of esters is 4. The van der Waals surface area contributed by atoms with Gasteiger partial charge in [0.1, 0.15) is 19.3 Å². The normalized spacial score (nSPS) is 20.7. The van der Waals surface area contributed by atoms with Crippen molar-refractivity contribution in [3.63, 3.8) is 0 Å². The van der Waals surface area contributed by atoms with Crippen LogP contribution in [0.4, 0.5) is 0 Å². The summed E-state index contributed by atoms with van der Waals surface area (Å²) in [5.41, 5.74) is 0.768. The van der Waals surface area contributed by atoms with Gasteiger partial charge in [0.25, 0.3) is 0 Å². The highest BCUT2D eigenvalue weighted by atomic mass is 16.7. The summed E-state index contributed by atoms with van der Waals surface area (Å²) in [6, 6.07) is 32.1. The van der Waals surface area contributed by atoms with Gasteiger partial charge in [0.15, 0.2) is 12.2 Å². The van der Waals surface area contributed by atoms with Crippen molar-refractivity contribution in [2.75, 3.05) is 13.2 Å². The third kappa shape index (κ3) is 7.17. The number of carbonyl (C=O) groups excluding carboxylic acids is 4. The van der Waals surface area contributed by atoms with Crippen molar-refractivity contribution in [3.8, 4) is 0 Å². The van der Waals surface area contributed by atoms with Crippen molar-refractivity contribution >= 4 is 23.9 Å². The van der Waals surface area contributed by atoms with Crippen LogP contribution in [-0.4, -0.2) is 66.3 Å². The van der Waals surface area contributed by atoms with Gasteiger partial charge >= 0.3 is 23.9 Å². The Morgan fingerprint density at radius 1 is 0.568 bits per heavy atom. The molecule has 4 atom stereocenters. The molecule has 5 rings (SSSR count). The lowest BCUT2D eigenvalue weighted by Gasteiger charge is -2.29. The fourth-order valence-corrected chi connectivity index (χ4v) is 4.56. The maximum atomic E-state index is 13.2. The standard InChI is InChI=1S/C34H28O10/c35-30(23-13-5-1-6-14-23)40-21-27-28(42-32(37)25-17-9-3-10-18-25)29(43-33(38)26-19-11-4-12-20-26)34(39,44-27)22-41-31(36)24-15-7-2-8-16-24/h1-20,27-29,39H,21-22H2/t27-,28-,29-,34-/m0/s1. The Kier molecular flexibility index (Phi) is 9.43. The lowest BCUT2D eigenvalue weighted by Crippen LogP contribution is -2.51. The van der Waals surface area contributed by atoms with Crippen LogP contribution in [0.5, 0.6) is 0 Å². The average molecular weight is 597 g/mol. The molecule has 1 N–H and O–H groups in total. The first kappa shape index (κ1) is 30.1. The zero-order chi connectivity index (χ0) is 30.9. The number of rotatable bonds is 10. The Morgan fingerprint density at radius 3 is 1.41 bits per heavy atom. The molecule has 0 amide bonds. The number of carbonyl (C=O) groups is 4. The number of hydrogen-bond donors (Lipinski definition) is 1. The molecular weight excluding hydrogens is 568 g/mol. The topological polar surface area (TPSA) is 135 Å². The van der Waals surface area contributed by atoms with E-state index in [4.69, 9.17) is 23.7 Å². The highest BCUT2D eigenvalue weighted by Gasteiger charge is 2.60. The van der Waals surface area contributed by atoms with Crippen molar-refractivity contribution in [2.45, 2.75) is 24.1 Å². The van der Waals surface area contributed by atoms with Crippen molar-refractivity contribution < 1.29 is 48.0 Å². The third-order valence-electron chi connectivity index (χ3n) is 6.77. The quantitative estimate of drug-likeness (QED) is 0.209. The van der Waals surface area contributed by atoms with Crippen LogP contribution >= 0.6 is 0 Å². The van der Waals surface area contributed by atoms with Crippen molar-refractivity contribution in [3.05, 3.63) is 144 Å². The van der Waals surface area contributed by atoms with E-state index in [2.05, 4.69) is 0 Å². The van der Waals surface area contributed by atoms with Crippen LogP contribution in [-0.2, 0) is 23.7 Å². The zero-order valence-electron chi connectivity index (χ0n) is 23.3. The fourth-order valence-electron chi connectivity index (χ4n) is 4.56. The van der Waals surface area contributed by atoms with E-state index in [0.717, 1.165) is 0 Å². The van der Waals surface area contributed by atoms with Gasteiger partial charge in [-0.05, 0) is 48.5 Å². The summed E-state index contributed by atoms with van der Waals surface area (Å²) in [6.07, 6.45) is -4.52. The number of aliphatic hydroxyl groups is 1. The van der Waals surface area contributed by atoms with E-state index in [1.165, 1.54) is 36.4 Å². The molecule has 0 spiro atoms. The van der Waals surface area contributed by atoms with E-state index in [1.54, 1.807) is 84.9 Å². The van der Waals surface area contributed by atoms with E-state index >= 15 is 0 Å². The second-order valence-electron chi connectivity index (χ2n) is 9.84. The van der Waals surface area contributed by atoms with Crippen LogP contribution in [0.3, 0.4) is 0 Å². The SMILES string of the molecule is O=C(OC[C@@H]1O[C@@](O)(COC(=O)c2ccccc2)[C@@H](OC(=O)c2ccccc2)[C@H]1OC(=O)c1ccccc1)c1ccccc1. The lowest BCUT2D eigenvalue weighted by atomic mass is 10.0. The number of ether oxygens (including phenoxy) is 5. The molecule has 0 aliphatic carbocycles. The van der Waals surface area contributed by atoms with Crippen LogP contribution in [0.2, 0.25) is 0 Å². The minimum absolute atomic E-state index is 0.142. The van der Waals surface area contributed by atoms with Gasteiger partial charge in [0.2, 0.25) is 5.79 Å². The van der Waals surface area contributed by atoms with Gasteiger partial charge in [-0.2, -0.15) is 0 Å². The van der Waals surface area contributed by atoms with Crippen LogP contribution in [0, 0.1) is 0 Å².